The molecule has 0 radical (unpaired) electrons. The molecule has 0 aliphatic rings. The summed E-state index contributed by atoms with van der Waals surface area (Å²) in [5.74, 6) is -2.24. The second-order valence-electron chi connectivity index (χ2n) is 10.2. The van der Waals surface area contributed by atoms with Gasteiger partial charge in [0.15, 0.2) is 0 Å². The van der Waals surface area contributed by atoms with Crippen molar-refractivity contribution in [1.82, 2.24) is 10.6 Å². The zero-order valence-electron chi connectivity index (χ0n) is 23.4. The number of carboxylic acid groups (broad SMARTS) is 2. The zero-order chi connectivity index (χ0) is 27.6. The molecular weight excluding hydrogens is 472 g/mol. The van der Waals surface area contributed by atoms with E-state index in [1.54, 1.807) is 6.92 Å². The van der Waals surface area contributed by atoms with Crippen molar-refractivity contribution < 1.29 is 29.4 Å². The molecular formula is C29H54N2O6. The van der Waals surface area contributed by atoms with Gasteiger partial charge in [-0.25, -0.2) is 4.79 Å². The molecule has 0 aromatic rings. The number of carbonyl (C=O) groups excluding carboxylic acids is 2. The summed E-state index contributed by atoms with van der Waals surface area (Å²) in [6, 6.07) is -1.01. The van der Waals surface area contributed by atoms with Crippen LogP contribution >= 0.6 is 0 Å². The number of unbranched alkanes of at least 4 members (excludes halogenated alkanes) is 17. The van der Waals surface area contributed by atoms with Crippen LogP contribution in [0.2, 0.25) is 0 Å². The number of aliphatic carboxylic acids is 2. The highest BCUT2D eigenvalue weighted by molar-refractivity contribution is 5.84. The number of hydrogen-bond acceptors (Lipinski definition) is 4. The first-order valence-corrected chi connectivity index (χ1v) is 14.9. The van der Waals surface area contributed by atoms with Crippen molar-refractivity contribution in [3.05, 3.63) is 0 Å². The molecule has 1 atom stereocenters. The lowest BCUT2D eigenvalue weighted by Gasteiger charge is -2.14. The predicted octanol–water partition coefficient (Wildman–Crippen LogP) is 6.36. The van der Waals surface area contributed by atoms with Crippen molar-refractivity contribution in [3.8, 4) is 0 Å². The van der Waals surface area contributed by atoms with Crippen molar-refractivity contribution in [2.45, 2.75) is 154 Å². The largest absolute Gasteiger partial charge is 0.481 e. The Kier molecular flexibility index (Phi) is 24.1. The fourth-order valence-corrected chi connectivity index (χ4v) is 4.48. The molecule has 0 saturated heterocycles. The molecule has 8 heteroatoms. The molecule has 0 aliphatic heterocycles. The van der Waals surface area contributed by atoms with Gasteiger partial charge < -0.3 is 20.8 Å². The van der Waals surface area contributed by atoms with Crippen molar-refractivity contribution in [2.75, 3.05) is 6.54 Å². The first-order valence-electron chi connectivity index (χ1n) is 14.9. The van der Waals surface area contributed by atoms with Crippen molar-refractivity contribution in [3.63, 3.8) is 0 Å². The molecule has 0 fully saturated rings. The number of nitrogens with one attached hydrogen (secondary N) is 2. The third kappa shape index (κ3) is 25.3. The van der Waals surface area contributed by atoms with Gasteiger partial charge in [0, 0.05) is 25.8 Å². The van der Waals surface area contributed by atoms with Gasteiger partial charge in [0.05, 0.1) is 0 Å². The molecule has 37 heavy (non-hydrogen) atoms. The Bertz CT molecular complexity index is 611. The van der Waals surface area contributed by atoms with E-state index in [0.29, 0.717) is 19.4 Å². The van der Waals surface area contributed by atoms with Crippen molar-refractivity contribution in [2.24, 2.45) is 0 Å². The summed E-state index contributed by atoms with van der Waals surface area (Å²) in [7, 11) is 0. The van der Waals surface area contributed by atoms with E-state index in [0.717, 1.165) is 38.5 Å². The SMILES string of the molecule is CCNC(=O)CC[C@H](NC(=O)CCCCCCCCCCCCCCCCCCCCC(=O)O)C(=O)O. The van der Waals surface area contributed by atoms with Crippen LogP contribution in [0.1, 0.15) is 148 Å². The Balaban J connectivity index is 3.43. The Labute approximate surface area is 224 Å². The van der Waals surface area contributed by atoms with Gasteiger partial charge in [-0.3, -0.25) is 14.4 Å². The second-order valence-corrected chi connectivity index (χ2v) is 10.2. The fourth-order valence-electron chi connectivity index (χ4n) is 4.48. The van der Waals surface area contributed by atoms with Gasteiger partial charge in [0.2, 0.25) is 11.8 Å². The normalized spacial score (nSPS) is 11.7. The van der Waals surface area contributed by atoms with Gasteiger partial charge in [0.1, 0.15) is 6.04 Å². The van der Waals surface area contributed by atoms with Crippen LogP contribution < -0.4 is 10.6 Å². The zero-order valence-corrected chi connectivity index (χ0v) is 23.4. The molecule has 0 aromatic carbocycles. The minimum Gasteiger partial charge on any atom is -0.481 e. The first kappa shape index (κ1) is 34.9. The highest BCUT2D eigenvalue weighted by Crippen LogP contribution is 2.15. The maximum Gasteiger partial charge on any atom is 0.326 e. The van der Waals surface area contributed by atoms with Gasteiger partial charge in [0.25, 0.3) is 0 Å². The minimum atomic E-state index is -1.10. The molecule has 8 nitrogen and oxygen atoms in total. The average Bonchev–Trinajstić information content (AvgIpc) is 2.85. The standard InChI is InChI=1S/C29H54N2O6/c1-2-30-26(32)24-23-25(29(36)37)31-27(33)21-19-17-15-13-11-9-7-5-3-4-6-8-10-12-14-16-18-20-22-28(34)35/h25H,2-24H2,1H3,(H,30,32)(H,31,33)(H,34,35)(H,36,37)/t25-/m0/s1. The highest BCUT2D eigenvalue weighted by atomic mass is 16.4. The van der Waals surface area contributed by atoms with Crippen molar-refractivity contribution in [1.29, 1.82) is 0 Å². The highest BCUT2D eigenvalue weighted by Gasteiger charge is 2.20. The van der Waals surface area contributed by atoms with Crippen LogP contribution in [0, 0.1) is 0 Å². The maximum absolute atomic E-state index is 12.0. The van der Waals surface area contributed by atoms with Gasteiger partial charge >= 0.3 is 11.9 Å². The van der Waals surface area contributed by atoms with Gasteiger partial charge in [-0.1, -0.05) is 103 Å². The van der Waals surface area contributed by atoms with E-state index < -0.39 is 18.0 Å². The number of carboxylic acids is 2. The molecule has 4 N–H and O–H groups in total. The molecule has 0 heterocycles. The van der Waals surface area contributed by atoms with E-state index in [2.05, 4.69) is 10.6 Å². The van der Waals surface area contributed by atoms with Crippen LogP contribution in [-0.2, 0) is 19.2 Å². The molecule has 0 bridgehead atoms. The number of carbonyl (C=O) groups is 4. The molecule has 0 unspecified atom stereocenters. The van der Waals surface area contributed by atoms with Crippen LogP contribution in [0.25, 0.3) is 0 Å². The molecule has 0 aliphatic carbocycles. The molecule has 0 saturated carbocycles. The number of rotatable bonds is 27. The Morgan fingerprint density at radius 2 is 0.919 bits per heavy atom. The van der Waals surface area contributed by atoms with E-state index in [9.17, 15) is 24.3 Å². The second kappa shape index (κ2) is 25.5. The third-order valence-electron chi connectivity index (χ3n) is 6.71. The van der Waals surface area contributed by atoms with Gasteiger partial charge in [-0.15, -0.1) is 0 Å². The van der Waals surface area contributed by atoms with Crippen molar-refractivity contribution >= 4 is 23.8 Å². The van der Waals surface area contributed by atoms with Crippen LogP contribution in [0.3, 0.4) is 0 Å². The Morgan fingerprint density at radius 1 is 0.541 bits per heavy atom. The summed E-state index contributed by atoms with van der Waals surface area (Å²) in [5, 5.41) is 23.0. The summed E-state index contributed by atoms with van der Waals surface area (Å²) in [4.78, 5) is 45.3. The fraction of sp³-hybridized carbons (Fsp3) is 0.862. The summed E-state index contributed by atoms with van der Waals surface area (Å²) in [6.45, 7) is 2.31. The third-order valence-corrected chi connectivity index (χ3v) is 6.71. The Morgan fingerprint density at radius 3 is 1.27 bits per heavy atom. The molecule has 0 rings (SSSR count). The van der Waals surface area contributed by atoms with Crippen LogP contribution in [0.15, 0.2) is 0 Å². The van der Waals surface area contributed by atoms with E-state index in [1.165, 1.54) is 77.0 Å². The van der Waals surface area contributed by atoms with E-state index >= 15 is 0 Å². The monoisotopic (exact) mass is 526 g/mol. The summed E-state index contributed by atoms with van der Waals surface area (Å²) >= 11 is 0. The molecule has 2 amide bonds. The van der Waals surface area contributed by atoms with E-state index in [4.69, 9.17) is 5.11 Å². The smallest absolute Gasteiger partial charge is 0.326 e. The van der Waals surface area contributed by atoms with Crippen LogP contribution in [0.4, 0.5) is 0 Å². The lowest BCUT2D eigenvalue weighted by Crippen LogP contribution is -2.41. The topological polar surface area (TPSA) is 133 Å². The quantitative estimate of drug-likeness (QED) is 0.0921. The molecule has 0 aromatic heterocycles. The first-order chi connectivity index (χ1) is 17.9. The lowest BCUT2D eigenvalue weighted by atomic mass is 10.0. The lowest BCUT2D eigenvalue weighted by molar-refractivity contribution is -0.142. The minimum absolute atomic E-state index is 0.0883. The predicted molar refractivity (Wildman–Crippen MR) is 147 cm³/mol. The number of amides is 2. The van der Waals surface area contributed by atoms with E-state index in [1.807, 2.05) is 0 Å². The summed E-state index contributed by atoms with van der Waals surface area (Å²) in [5.41, 5.74) is 0. The molecule has 0 spiro atoms. The maximum atomic E-state index is 12.0. The Hall–Kier alpha value is -2.12. The van der Waals surface area contributed by atoms with E-state index in [-0.39, 0.29) is 24.7 Å². The van der Waals surface area contributed by atoms with Gasteiger partial charge in [-0.05, 0) is 26.2 Å². The van der Waals surface area contributed by atoms with Crippen LogP contribution in [0.5, 0.6) is 0 Å². The summed E-state index contributed by atoms with van der Waals surface area (Å²) in [6.07, 6.45) is 22.1. The number of hydrogen-bond donors (Lipinski definition) is 4. The summed E-state index contributed by atoms with van der Waals surface area (Å²) < 4.78 is 0. The molecule has 216 valence electrons. The average molecular weight is 527 g/mol. The van der Waals surface area contributed by atoms with Crippen LogP contribution in [-0.4, -0.2) is 46.6 Å². The van der Waals surface area contributed by atoms with Gasteiger partial charge in [-0.2, -0.15) is 0 Å².